The van der Waals surface area contributed by atoms with E-state index < -0.39 is 0 Å². The molecule has 0 saturated heterocycles. The normalized spacial score (nSPS) is 9.74. The molecule has 1 N–H and O–H groups in total. The first-order valence-corrected chi connectivity index (χ1v) is 5.81. The highest BCUT2D eigenvalue weighted by Gasteiger charge is 2.07. The van der Waals surface area contributed by atoms with E-state index in [1.165, 1.54) is 0 Å². The van der Waals surface area contributed by atoms with Crippen molar-refractivity contribution in [3.05, 3.63) is 42.0 Å². The van der Waals surface area contributed by atoms with Crippen molar-refractivity contribution >= 4 is 11.6 Å². The predicted octanol–water partition coefficient (Wildman–Crippen LogP) is 1.71. The number of aromatic nitrogens is 3. The second-order valence-corrected chi connectivity index (χ2v) is 4.07. The first-order chi connectivity index (χ1) is 9.19. The van der Waals surface area contributed by atoms with Gasteiger partial charge in [-0.2, -0.15) is 5.26 Å². The predicted molar refractivity (Wildman–Crippen MR) is 72.3 cm³/mol. The largest absolute Gasteiger partial charge is 0.354 e. The molecule has 2 aromatic heterocycles. The highest BCUT2D eigenvalue weighted by atomic mass is 15.2. The molecule has 6 nitrogen and oxygen atoms in total. The van der Waals surface area contributed by atoms with Gasteiger partial charge in [0.15, 0.2) is 6.19 Å². The molecular weight excluding hydrogens is 240 g/mol. The van der Waals surface area contributed by atoms with E-state index in [4.69, 9.17) is 5.26 Å². The highest BCUT2D eigenvalue weighted by Crippen LogP contribution is 2.16. The van der Waals surface area contributed by atoms with Crippen LogP contribution in [0.25, 0.3) is 0 Å². The topological polar surface area (TPSA) is 77.7 Å². The quantitative estimate of drug-likeness (QED) is 0.661. The van der Waals surface area contributed by atoms with E-state index in [2.05, 4.69) is 20.3 Å². The van der Waals surface area contributed by atoms with Gasteiger partial charge in [-0.1, -0.05) is 6.07 Å². The molecule has 0 aromatic carbocycles. The maximum absolute atomic E-state index is 8.63. The van der Waals surface area contributed by atoms with Crippen molar-refractivity contribution in [2.75, 3.05) is 17.3 Å². The van der Waals surface area contributed by atoms with Crippen molar-refractivity contribution < 1.29 is 0 Å². The Morgan fingerprint density at radius 3 is 2.89 bits per heavy atom. The summed E-state index contributed by atoms with van der Waals surface area (Å²) in [5.41, 5.74) is 0.955. The fraction of sp³-hybridized carbons (Fsp3) is 0.231. The van der Waals surface area contributed by atoms with Crippen LogP contribution in [0.1, 0.15) is 11.5 Å². The minimum atomic E-state index is 0.498. The number of hydrogen-bond acceptors (Lipinski definition) is 6. The Bertz CT molecular complexity index is 590. The molecule has 0 amide bonds. The molecular formula is C13H14N6. The number of anilines is 2. The Labute approximate surface area is 111 Å². The van der Waals surface area contributed by atoms with Gasteiger partial charge in [0.2, 0.25) is 0 Å². The number of aryl methyl sites for hydroxylation is 1. The molecule has 0 saturated carbocycles. The molecule has 0 spiro atoms. The number of pyridine rings is 1. The molecule has 0 radical (unpaired) electrons. The Balaban J connectivity index is 2.19. The molecule has 0 aliphatic rings. The molecule has 0 atom stereocenters. The summed E-state index contributed by atoms with van der Waals surface area (Å²) in [4.78, 5) is 14.7. The van der Waals surface area contributed by atoms with Crippen LogP contribution in [-0.4, -0.2) is 22.0 Å². The molecule has 0 unspecified atom stereocenters. The summed E-state index contributed by atoms with van der Waals surface area (Å²) in [5.74, 6) is 1.86. The minimum Gasteiger partial charge on any atom is -0.354 e. The van der Waals surface area contributed by atoms with Gasteiger partial charge in [-0.15, -0.1) is 0 Å². The number of nitrogens with one attached hydrogen (secondary N) is 1. The van der Waals surface area contributed by atoms with Gasteiger partial charge in [0.1, 0.15) is 17.5 Å². The van der Waals surface area contributed by atoms with E-state index in [1.54, 1.807) is 19.2 Å². The van der Waals surface area contributed by atoms with Crippen LogP contribution in [0.2, 0.25) is 0 Å². The van der Waals surface area contributed by atoms with Crippen LogP contribution in [0.3, 0.4) is 0 Å². The standard InChI is InChI=1S/C13H14N6/c1-10-17-12(16-9-14)7-13(18-10)19(2)8-11-5-3-4-6-15-11/h3-7H,8H2,1-2H3,(H,16,17,18). The fourth-order valence-corrected chi connectivity index (χ4v) is 1.68. The van der Waals surface area contributed by atoms with Crippen LogP contribution in [0.15, 0.2) is 30.5 Å². The zero-order chi connectivity index (χ0) is 13.7. The van der Waals surface area contributed by atoms with E-state index in [0.29, 0.717) is 18.2 Å². The van der Waals surface area contributed by atoms with Gasteiger partial charge in [-0.3, -0.25) is 10.3 Å². The van der Waals surface area contributed by atoms with Crippen molar-refractivity contribution in [3.63, 3.8) is 0 Å². The van der Waals surface area contributed by atoms with Gasteiger partial charge in [-0.05, 0) is 19.1 Å². The Kier molecular flexibility index (Phi) is 3.88. The lowest BCUT2D eigenvalue weighted by Gasteiger charge is -2.18. The summed E-state index contributed by atoms with van der Waals surface area (Å²) >= 11 is 0. The van der Waals surface area contributed by atoms with Gasteiger partial charge < -0.3 is 4.90 Å². The molecule has 0 bridgehead atoms. The lowest BCUT2D eigenvalue weighted by Crippen LogP contribution is -2.19. The average molecular weight is 254 g/mol. The van der Waals surface area contributed by atoms with Crippen molar-refractivity contribution in [1.82, 2.24) is 15.0 Å². The molecule has 2 heterocycles. The van der Waals surface area contributed by atoms with Crippen LogP contribution in [0.5, 0.6) is 0 Å². The summed E-state index contributed by atoms with van der Waals surface area (Å²) < 4.78 is 0. The van der Waals surface area contributed by atoms with Crippen molar-refractivity contribution in [3.8, 4) is 6.19 Å². The van der Waals surface area contributed by atoms with E-state index in [1.807, 2.05) is 36.3 Å². The second-order valence-electron chi connectivity index (χ2n) is 4.07. The third kappa shape index (κ3) is 3.39. The van der Waals surface area contributed by atoms with Crippen molar-refractivity contribution in [1.29, 1.82) is 5.26 Å². The van der Waals surface area contributed by atoms with Gasteiger partial charge in [0, 0.05) is 19.3 Å². The molecule has 2 rings (SSSR count). The molecule has 0 aliphatic carbocycles. The summed E-state index contributed by atoms with van der Waals surface area (Å²) in [6, 6.07) is 7.52. The van der Waals surface area contributed by atoms with Crippen molar-refractivity contribution in [2.24, 2.45) is 0 Å². The van der Waals surface area contributed by atoms with Gasteiger partial charge >= 0.3 is 0 Å². The van der Waals surface area contributed by atoms with Crippen LogP contribution < -0.4 is 10.2 Å². The lowest BCUT2D eigenvalue weighted by atomic mass is 10.3. The Hall–Kier alpha value is -2.68. The van der Waals surface area contributed by atoms with E-state index in [-0.39, 0.29) is 0 Å². The second kappa shape index (κ2) is 5.78. The molecule has 96 valence electrons. The SMILES string of the molecule is Cc1nc(NC#N)cc(N(C)Cc2ccccn2)n1. The molecule has 0 fully saturated rings. The summed E-state index contributed by atoms with van der Waals surface area (Å²) in [7, 11) is 1.92. The number of nitriles is 1. The van der Waals surface area contributed by atoms with Crippen molar-refractivity contribution in [2.45, 2.75) is 13.5 Å². The van der Waals surface area contributed by atoms with Crippen LogP contribution >= 0.6 is 0 Å². The van der Waals surface area contributed by atoms with E-state index in [9.17, 15) is 0 Å². The van der Waals surface area contributed by atoms with Crippen LogP contribution in [-0.2, 0) is 6.54 Å². The average Bonchev–Trinajstić information content (AvgIpc) is 2.39. The zero-order valence-corrected chi connectivity index (χ0v) is 10.8. The maximum atomic E-state index is 8.63. The summed E-state index contributed by atoms with van der Waals surface area (Å²) in [5, 5.41) is 11.1. The van der Waals surface area contributed by atoms with Gasteiger partial charge in [0.05, 0.1) is 12.2 Å². The third-order valence-corrected chi connectivity index (χ3v) is 2.52. The van der Waals surface area contributed by atoms with Gasteiger partial charge in [0.25, 0.3) is 0 Å². The molecule has 0 aliphatic heterocycles. The number of nitrogens with zero attached hydrogens (tertiary/aromatic N) is 5. The smallest absolute Gasteiger partial charge is 0.182 e. The molecule has 2 aromatic rings. The zero-order valence-electron chi connectivity index (χ0n) is 10.8. The fourth-order valence-electron chi connectivity index (χ4n) is 1.68. The Morgan fingerprint density at radius 2 is 2.21 bits per heavy atom. The minimum absolute atomic E-state index is 0.498. The molecule has 6 heteroatoms. The Morgan fingerprint density at radius 1 is 1.37 bits per heavy atom. The number of rotatable bonds is 4. The first kappa shape index (κ1) is 12.8. The maximum Gasteiger partial charge on any atom is 0.182 e. The summed E-state index contributed by atoms with van der Waals surface area (Å²) in [6.45, 7) is 2.43. The highest BCUT2D eigenvalue weighted by molar-refractivity contribution is 5.50. The molecule has 19 heavy (non-hydrogen) atoms. The number of hydrogen-bond donors (Lipinski definition) is 1. The monoisotopic (exact) mass is 254 g/mol. The van der Waals surface area contributed by atoms with Crippen LogP contribution in [0.4, 0.5) is 11.6 Å². The van der Waals surface area contributed by atoms with E-state index in [0.717, 1.165) is 11.5 Å². The van der Waals surface area contributed by atoms with Crippen LogP contribution in [0, 0.1) is 18.4 Å². The lowest BCUT2D eigenvalue weighted by molar-refractivity contribution is 0.854. The van der Waals surface area contributed by atoms with Gasteiger partial charge in [-0.25, -0.2) is 9.97 Å². The third-order valence-electron chi connectivity index (χ3n) is 2.52. The first-order valence-electron chi connectivity index (χ1n) is 5.81. The van der Waals surface area contributed by atoms with E-state index >= 15 is 0 Å². The summed E-state index contributed by atoms with van der Waals surface area (Å²) in [6.07, 6.45) is 3.62.